The summed E-state index contributed by atoms with van der Waals surface area (Å²) in [7, 11) is 1.73. The van der Waals surface area contributed by atoms with Gasteiger partial charge in [-0.1, -0.05) is 54.6 Å². The largest absolute Gasteiger partial charge is 0.387 e. The van der Waals surface area contributed by atoms with Crippen molar-refractivity contribution in [2.24, 2.45) is 21.6 Å². The Morgan fingerprint density at radius 1 is 1.22 bits per heavy atom. The SMILES string of the molecule is CN=C(N=C(N)C1C=CC=CC1)c1ccccc1. The van der Waals surface area contributed by atoms with E-state index < -0.39 is 0 Å². The highest BCUT2D eigenvalue weighted by atomic mass is 15.0. The lowest BCUT2D eigenvalue weighted by Gasteiger charge is -2.12. The zero-order valence-electron chi connectivity index (χ0n) is 10.5. The molecule has 1 aliphatic rings. The molecule has 1 unspecified atom stereocenters. The van der Waals surface area contributed by atoms with Gasteiger partial charge in [-0.25, -0.2) is 4.99 Å². The molecule has 0 aliphatic heterocycles. The van der Waals surface area contributed by atoms with E-state index in [4.69, 9.17) is 5.73 Å². The van der Waals surface area contributed by atoms with Gasteiger partial charge in [0.25, 0.3) is 0 Å². The number of aliphatic imine (C=N–C) groups is 2. The molecule has 0 bridgehead atoms. The topological polar surface area (TPSA) is 50.7 Å². The fourth-order valence-electron chi connectivity index (χ4n) is 1.84. The molecular weight excluding hydrogens is 222 g/mol. The van der Waals surface area contributed by atoms with E-state index in [1.54, 1.807) is 7.05 Å². The molecule has 0 heterocycles. The van der Waals surface area contributed by atoms with Crippen molar-refractivity contribution in [1.82, 2.24) is 0 Å². The van der Waals surface area contributed by atoms with Gasteiger partial charge in [-0.3, -0.25) is 4.99 Å². The van der Waals surface area contributed by atoms with Crippen LogP contribution in [0.1, 0.15) is 12.0 Å². The van der Waals surface area contributed by atoms with Crippen LogP contribution in [0.3, 0.4) is 0 Å². The predicted octanol–water partition coefficient (Wildman–Crippen LogP) is 2.55. The summed E-state index contributed by atoms with van der Waals surface area (Å²) in [5.41, 5.74) is 7.03. The molecule has 0 amide bonds. The van der Waals surface area contributed by atoms with Crippen LogP contribution in [0.25, 0.3) is 0 Å². The summed E-state index contributed by atoms with van der Waals surface area (Å²) in [6.07, 6.45) is 9.09. The van der Waals surface area contributed by atoms with Gasteiger partial charge in [-0.15, -0.1) is 0 Å². The molecule has 0 fully saturated rings. The second-order valence-corrected chi connectivity index (χ2v) is 4.11. The van der Waals surface area contributed by atoms with E-state index in [-0.39, 0.29) is 5.92 Å². The van der Waals surface area contributed by atoms with Gasteiger partial charge in [0.2, 0.25) is 0 Å². The summed E-state index contributed by atoms with van der Waals surface area (Å²) < 4.78 is 0. The van der Waals surface area contributed by atoms with Crippen molar-refractivity contribution in [2.45, 2.75) is 6.42 Å². The molecule has 0 radical (unpaired) electrons. The number of nitrogens with two attached hydrogens (primary N) is 1. The van der Waals surface area contributed by atoms with Crippen molar-refractivity contribution in [3.8, 4) is 0 Å². The third-order valence-electron chi connectivity index (χ3n) is 2.84. The molecule has 1 aromatic carbocycles. The number of hydrogen-bond acceptors (Lipinski definition) is 1. The van der Waals surface area contributed by atoms with Gasteiger partial charge in [-0.05, 0) is 6.42 Å². The molecular formula is C15H17N3. The van der Waals surface area contributed by atoms with Crippen LogP contribution >= 0.6 is 0 Å². The molecule has 0 saturated heterocycles. The molecule has 2 N–H and O–H groups in total. The number of rotatable bonds is 2. The monoisotopic (exact) mass is 239 g/mol. The van der Waals surface area contributed by atoms with Crippen molar-refractivity contribution >= 4 is 11.7 Å². The summed E-state index contributed by atoms with van der Waals surface area (Å²) in [5.74, 6) is 1.46. The molecule has 0 spiro atoms. The van der Waals surface area contributed by atoms with Gasteiger partial charge >= 0.3 is 0 Å². The van der Waals surface area contributed by atoms with Gasteiger partial charge in [-0.2, -0.15) is 0 Å². The van der Waals surface area contributed by atoms with Crippen LogP contribution in [-0.4, -0.2) is 18.7 Å². The summed E-state index contributed by atoms with van der Waals surface area (Å²) in [4.78, 5) is 8.65. The minimum atomic E-state index is 0.176. The summed E-state index contributed by atoms with van der Waals surface area (Å²) >= 11 is 0. The number of amidine groups is 2. The van der Waals surface area contributed by atoms with Gasteiger partial charge < -0.3 is 5.73 Å². The Kier molecular flexibility index (Phi) is 4.07. The average molecular weight is 239 g/mol. The molecule has 1 aromatic rings. The molecule has 1 aliphatic carbocycles. The van der Waals surface area contributed by atoms with Gasteiger partial charge in [0, 0.05) is 18.5 Å². The first kappa shape index (κ1) is 12.3. The van der Waals surface area contributed by atoms with Crippen molar-refractivity contribution in [3.63, 3.8) is 0 Å². The lowest BCUT2D eigenvalue weighted by atomic mass is 10.00. The Bertz CT molecular complexity index is 510. The molecule has 1 atom stereocenters. The average Bonchev–Trinajstić information content (AvgIpc) is 2.46. The molecule has 3 heteroatoms. The minimum absolute atomic E-state index is 0.176. The third-order valence-corrected chi connectivity index (χ3v) is 2.84. The number of benzene rings is 1. The zero-order chi connectivity index (χ0) is 12.8. The first-order valence-corrected chi connectivity index (χ1v) is 6.01. The van der Waals surface area contributed by atoms with Crippen LogP contribution in [0.5, 0.6) is 0 Å². The van der Waals surface area contributed by atoms with E-state index in [9.17, 15) is 0 Å². The van der Waals surface area contributed by atoms with Crippen LogP contribution in [-0.2, 0) is 0 Å². The molecule has 92 valence electrons. The van der Waals surface area contributed by atoms with E-state index in [0.29, 0.717) is 11.7 Å². The summed E-state index contributed by atoms with van der Waals surface area (Å²) in [5, 5.41) is 0. The first-order chi connectivity index (χ1) is 8.81. The molecule has 18 heavy (non-hydrogen) atoms. The van der Waals surface area contributed by atoms with Crippen molar-refractivity contribution in [1.29, 1.82) is 0 Å². The lowest BCUT2D eigenvalue weighted by molar-refractivity contribution is 0.860. The fraction of sp³-hybridized carbons (Fsp3) is 0.200. The van der Waals surface area contributed by atoms with Crippen LogP contribution in [0.15, 0.2) is 64.6 Å². The van der Waals surface area contributed by atoms with Crippen LogP contribution in [0.2, 0.25) is 0 Å². The van der Waals surface area contributed by atoms with E-state index >= 15 is 0 Å². The predicted molar refractivity (Wildman–Crippen MR) is 76.9 cm³/mol. The number of allylic oxidation sites excluding steroid dienone is 3. The molecule has 2 rings (SSSR count). The van der Waals surface area contributed by atoms with Gasteiger partial charge in [0.05, 0.1) is 0 Å². The minimum Gasteiger partial charge on any atom is -0.387 e. The fourth-order valence-corrected chi connectivity index (χ4v) is 1.84. The highest BCUT2D eigenvalue weighted by Crippen LogP contribution is 2.12. The number of nitrogens with zero attached hydrogens (tertiary/aromatic N) is 2. The highest BCUT2D eigenvalue weighted by molar-refractivity contribution is 6.06. The number of hydrogen-bond donors (Lipinski definition) is 1. The van der Waals surface area contributed by atoms with E-state index in [0.717, 1.165) is 12.0 Å². The third kappa shape index (κ3) is 2.94. The highest BCUT2D eigenvalue weighted by Gasteiger charge is 2.11. The lowest BCUT2D eigenvalue weighted by Crippen LogP contribution is -2.24. The van der Waals surface area contributed by atoms with Gasteiger partial charge in [0.15, 0.2) is 5.84 Å². The second kappa shape index (κ2) is 5.96. The van der Waals surface area contributed by atoms with Crippen molar-refractivity contribution in [3.05, 3.63) is 60.2 Å². The quantitative estimate of drug-likeness (QED) is 0.626. The Morgan fingerprint density at radius 2 is 2.00 bits per heavy atom. The normalized spacial score (nSPS) is 20.2. The molecule has 0 saturated carbocycles. The first-order valence-electron chi connectivity index (χ1n) is 6.01. The summed E-state index contributed by atoms with van der Waals surface area (Å²) in [6.45, 7) is 0. The molecule has 0 aromatic heterocycles. The Labute approximate surface area is 107 Å². The van der Waals surface area contributed by atoms with Crippen molar-refractivity contribution < 1.29 is 0 Å². The van der Waals surface area contributed by atoms with Crippen molar-refractivity contribution in [2.75, 3.05) is 7.05 Å². The van der Waals surface area contributed by atoms with Gasteiger partial charge in [0.1, 0.15) is 5.84 Å². The Hall–Kier alpha value is -2.16. The maximum Gasteiger partial charge on any atom is 0.156 e. The van der Waals surface area contributed by atoms with E-state index in [2.05, 4.69) is 22.1 Å². The Morgan fingerprint density at radius 3 is 2.61 bits per heavy atom. The summed E-state index contributed by atoms with van der Waals surface area (Å²) in [6, 6.07) is 9.87. The van der Waals surface area contributed by atoms with E-state index in [1.165, 1.54) is 0 Å². The maximum absolute atomic E-state index is 6.05. The van der Waals surface area contributed by atoms with Crippen LogP contribution in [0.4, 0.5) is 0 Å². The molecule has 3 nitrogen and oxygen atoms in total. The zero-order valence-corrected chi connectivity index (χ0v) is 10.5. The van der Waals surface area contributed by atoms with Crippen LogP contribution in [0, 0.1) is 5.92 Å². The standard InChI is InChI=1S/C15H17N3/c1-17-15(13-10-6-3-7-11-13)18-14(16)12-8-4-2-5-9-12/h2-8,10-12H,9H2,1H3,(H2,16,17,18). The van der Waals surface area contributed by atoms with E-state index in [1.807, 2.05) is 42.5 Å². The maximum atomic E-state index is 6.05. The Balaban J connectivity index is 2.20. The smallest absolute Gasteiger partial charge is 0.156 e. The van der Waals surface area contributed by atoms with Crippen LogP contribution < -0.4 is 5.73 Å². The second-order valence-electron chi connectivity index (χ2n) is 4.11.